The van der Waals surface area contributed by atoms with Crippen LogP contribution in [0.4, 0.5) is 0 Å². The van der Waals surface area contributed by atoms with E-state index in [9.17, 15) is 34.8 Å². The van der Waals surface area contributed by atoms with Gasteiger partial charge in [0.15, 0.2) is 6.04 Å². The molecule has 0 spiro atoms. The van der Waals surface area contributed by atoms with Gasteiger partial charge in [0, 0.05) is 23.4 Å². The number of allylic oxidation sites excluding steroid dienone is 1. The third kappa shape index (κ3) is 2.96. The summed E-state index contributed by atoms with van der Waals surface area (Å²) in [5, 5.41) is 40.6. The lowest BCUT2D eigenvalue weighted by molar-refractivity contribution is -0.355. The average Bonchev–Trinajstić information content (AvgIpc) is 2.83. The first kappa shape index (κ1) is 20.5. The number of aliphatic hydroxyl groups is 4. The molecule has 0 aromatic carbocycles. The topological polar surface area (TPSA) is 173 Å². The highest BCUT2D eigenvalue weighted by molar-refractivity contribution is 6.09. The van der Waals surface area contributed by atoms with Gasteiger partial charge in [-0.15, -0.1) is 0 Å². The number of nitrogens with one attached hydrogen (secondary N) is 1. The van der Waals surface area contributed by atoms with E-state index in [1.807, 2.05) is 13.8 Å². The summed E-state index contributed by atoms with van der Waals surface area (Å²) in [5.74, 6) is -11.2. The molecule has 2 saturated heterocycles. The van der Waals surface area contributed by atoms with Gasteiger partial charge in [-0.3, -0.25) is 19.7 Å². The molecule has 10 nitrogen and oxygen atoms in total. The van der Waals surface area contributed by atoms with Crippen LogP contribution in [0.2, 0.25) is 0 Å². The van der Waals surface area contributed by atoms with Crippen LogP contribution in [0, 0.1) is 0 Å². The van der Waals surface area contributed by atoms with Crippen molar-refractivity contribution in [2.75, 3.05) is 6.54 Å². The van der Waals surface area contributed by atoms with E-state index in [-0.39, 0.29) is 23.4 Å². The van der Waals surface area contributed by atoms with Crippen molar-refractivity contribution < 1.29 is 34.8 Å². The van der Waals surface area contributed by atoms with Gasteiger partial charge in [-0.25, -0.2) is 0 Å². The largest absolute Gasteiger partial charge is 0.398 e. The number of hydrogen-bond donors (Lipinski definition) is 6. The molecule has 2 heterocycles. The minimum absolute atomic E-state index is 0.0823. The Morgan fingerprint density at radius 2 is 1.80 bits per heavy atom. The van der Waals surface area contributed by atoms with Crippen LogP contribution in [-0.2, 0) is 14.4 Å². The highest BCUT2D eigenvalue weighted by Gasteiger charge is 2.67. The Labute approximate surface area is 143 Å². The maximum Gasteiger partial charge on any atom is 0.303 e. The zero-order valence-electron chi connectivity index (χ0n) is 13.8. The molecule has 0 bridgehead atoms. The zero-order chi connectivity index (χ0) is 19.7. The molecule has 2 fully saturated rings. The second-order valence-electron chi connectivity index (χ2n) is 5.17. The normalized spacial score (nSPS) is 26.6. The van der Waals surface area contributed by atoms with Crippen molar-refractivity contribution in [3.05, 3.63) is 36.1 Å². The minimum atomic E-state index is -3.70. The second kappa shape index (κ2) is 6.76. The summed E-state index contributed by atoms with van der Waals surface area (Å²) in [5.41, 5.74) is 5.79. The van der Waals surface area contributed by atoms with Gasteiger partial charge in [0.1, 0.15) is 0 Å². The lowest BCUT2D eigenvalue weighted by Gasteiger charge is -2.44. The summed E-state index contributed by atoms with van der Waals surface area (Å²) in [6.07, 6.45) is 1.23. The number of rotatable bonds is 2. The van der Waals surface area contributed by atoms with Gasteiger partial charge in [-0.05, 0) is 6.08 Å². The maximum atomic E-state index is 12.2. The van der Waals surface area contributed by atoms with Crippen LogP contribution < -0.4 is 11.1 Å². The minimum Gasteiger partial charge on any atom is -0.398 e. The van der Waals surface area contributed by atoms with E-state index in [0.717, 1.165) is 0 Å². The van der Waals surface area contributed by atoms with Gasteiger partial charge in [-0.1, -0.05) is 27.0 Å². The van der Waals surface area contributed by atoms with E-state index in [1.54, 1.807) is 5.32 Å². The molecule has 7 N–H and O–H groups in total. The number of nitrogens with zero attached hydrogens (tertiary/aromatic N) is 1. The van der Waals surface area contributed by atoms with Crippen LogP contribution in [-0.4, -0.2) is 67.2 Å². The van der Waals surface area contributed by atoms with E-state index in [0.29, 0.717) is 4.90 Å². The molecule has 1 unspecified atom stereocenters. The van der Waals surface area contributed by atoms with E-state index in [2.05, 4.69) is 13.2 Å². The Kier molecular flexibility index (Phi) is 5.55. The van der Waals surface area contributed by atoms with Crippen molar-refractivity contribution in [3.8, 4) is 0 Å². The molecule has 25 heavy (non-hydrogen) atoms. The maximum absolute atomic E-state index is 12.2. The summed E-state index contributed by atoms with van der Waals surface area (Å²) in [7, 11) is 0. The number of carbonyl (C=O) groups is 3. The van der Waals surface area contributed by atoms with E-state index in [4.69, 9.17) is 5.73 Å². The highest BCUT2D eigenvalue weighted by atomic mass is 16.6. The molecule has 138 valence electrons. The Hall–Kier alpha value is -2.53. The molecule has 0 radical (unpaired) electrons. The number of carbonyl (C=O) groups excluding carboxylic acids is 3. The molecular formula is C15H21N3O7. The Bertz CT molecular complexity index is 679. The van der Waals surface area contributed by atoms with Crippen molar-refractivity contribution in [3.63, 3.8) is 0 Å². The number of amides is 3. The molecule has 3 amide bonds. The predicted octanol–water partition coefficient (Wildman–Crippen LogP) is -2.80. The second-order valence-corrected chi connectivity index (χ2v) is 5.17. The average molecular weight is 355 g/mol. The summed E-state index contributed by atoms with van der Waals surface area (Å²) >= 11 is 0. The lowest BCUT2D eigenvalue weighted by atomic mass is 9.90. The molecule has 2 aliphatic rings. The Morgan fingerprint density at radius 3 is 2.28 bits per heavy atom. The fourth-order valence-electron chi connectivity index (χ4n) is 2.40. The molecule has 1 atom stereocenters. The smallest absolute Gasteiger partial charge is 0.303 e. The monoisotopic (exact) mass is 355 g/mol. The van der Waals surface area contributed by atoms with Crippen molar-refractivity contribution in [2.24, 2.45) is 5.73 Å². The summed E-state index contributed by atoms with van der Waals surface area (Å²) in [6, 6.07) is -2.17. The van der Waals surface area contributed by atoms with Crippen molar-refractivity contribution in [2.45, 2.75) is 31.5 Å². The molecule has 0 saturated carbocycles. The predicted molar refractivity (Wildman–Crippen MR) is 84.9 cm³/mol. The van der Waals surface area contributed by atoms with Crippen LogP contribution in [0.1, 0.15) is 13.8 Å². The first-order valence-corrected chi connectivity index (χ1v) is 7.32. The fourth-order valence-corrected chi connectivity index (χ4v) is 2.40. The van der Waals surface area contributed by atoms with E-state index >= 15 is 0 Å². The molecule has 2 rings (SSSR count). The molecule has 2 aliphatic heterocycles. The number of piperidine rings is 1. The molecule has 0 aromatic rings. The third-order valence-electron chi connectivity index (χ3n) is 3.79. The quantitative estimate of drug-likeness (QED) is 0.175. The van der Waals surface area contributed by atoms with Gasteiger partial charge in [-0.2, -0.15) is 0 Å². The standard InChI is InChI=1S/C13H15N3O7.C2H6/c1-3-7(14)6-4-16(10(18)5(6)2)8-9(17)15-11(19)13(22,23)12(8,20)21;1-2/h3,8,20-23H,1-2,4,14H2,(H,15,17,19);1-2H3/b7-6+;. The van der Waals surface area contributed by atoms with Gasteiger partial charge in [0.05, 0.1) is 0 Å². The number of hydrogen-bond acceptors (Lipinski definition) is 8. The first-order valence-electron chi connectivity index (χ1n) is 7.32. The van der Waals surface area contributed by atoms with E-state index < -0.39 is 35.3 Å². The van der Waals surface area contributed by atoms with Crippen molar-refractivity contribution in [1.29, 1.82) is 0 Å². The highest BCUT2D eigenvalue weighted by Crippen LogP contribution is 2.34. The summed E-state index contributed by atoms with van der Waals surface area (Å²) < 4.78 is 0. The Morgan fingerprint density at radius 1 is 1.28 bits per heavy atom. The lowest BCUT2D eigenvalue weighted by Crippen LogP contribution is -2.79. The zero-order valence-corrected chi connectivity index (χ0v) is 13.8. The van der Waals surface area contributed by atoms with Gasteiger partial charge in [0.2, 0.25) is 0 Å². The fraction of sp³-hybridized carbons (Fsp3) is 0.400. The van der Waals surface area contributed by atoms with Crippen LogP contribution >= 0.6 is 0 Å². The third-order valence-corrected chi connectivity index (χ3v) is 3.79. The Balaban J connectivity index is 0.00000151. The number of likely N-dealkylation sites (tertiary alicyclic amines) is 1. The van der Waals surface area contributed by atoms with Crippen molar-refractivity contribution >= 4 is 17.7 Å². The molecule has 0 aromatic heterocycles. The van der Waals surface area contributed by atoms with Crippen LogP contribution in [0.15, 0.2) is 36.1 Å². The molecular weight excluding hydrogens is 334 g/mol. The SMILES string of the molecule is C=C/C(N)=C1/CN(C2C(=O)NC(=O)C(O)(O)C2(O)O)C(=O)C1=C.CC. The van der Waals surface area contributed by atoms with Crippen LogP contribution in [0.5, 0.6) is 0 Å². The van der Waals surface area contributed by atoms with Gasteiger partial charge < -0.3 is 31.1 Å². The van der Waals surface area contributed by atoms with Crippen molar-refractivity contribution in [1.82, 2.24) is 10.2 Å². The van der Waals surface area contributed by atoms with E-state index in [1.165, 1.54) is 6.08 Å². The molecule has 0 aliphatic carbocycles. The van der Waals surface area contributed by atoms with Crippen LogP contribution in [0.25, 0.3) is 0 Å². The molecule has 10 heteroatoms. The van der Waals surface area contributed by atoms with Crippen LogP contribution in [0.3, 0.4) is 0 Å². The summed E-state index contributed by atoms with van der Waals surface area (Å²) in [6.45, 7) is 10.6. The summed E-state index contributed by atoms with van der Waals surface area (Å²) in [4.78, 5) is 36.1. The first-order chi connectivity index (χ1) is 11.5. The number of nitrogens with two attached hydrogens (primary N) is 1. The van der Waals surface area contributed by atoms with Gasteiger partial charge >= 0.3 is 5.79 Å². The number of imide groups is 1. The van der Waals surface area contributed by atoms with Gasteiger partial charge in [0.25, 0.3) is 23.5 Å².